The quantitative estimate of drug-likeness (QED) is 0.707. The zero-order valence-electron chi connectivity index (χ0n) is 16.9. The van der Waals surface area contributed by atoms with Gasteiger partial charge in [0, 0.05) is 31.8 Å². The molecule has 0 saturated carbocycles. The van der Waals surface area contributed by atoms with Crippen molar-refractivity contribution in [1.29, 1.82) is 0 Å². The van der Waals surface area contributed by atoms with Crippen molar-refractivity contribution in [3.05, 3.63) is 35.9 Å². The molecule has 1 heterocycles. The summed E-state index contributed by atoms with van der Waals surface area (Å²) in [6.45, 7) is 5.12. The number of rotatable bonds is 8. The van der Waals surface area contributed by atoms with E-state index < -0.39 is 6.04 Å². The number of benzene rings is 1. The first-order valence-electron chi connectivity index (χ1n) is 9.89. The molecule has 7 nitrogen and oxygen atoms in total. The number of amides is 3. The second kappa shape index (κ2) is 10.8. The number of carbonyl (C=O) groups is 3. The van der Waals surface area contributed by atoms with Crippen molar-refractivity contribution in [2.75, 3.05) is 26.8 Å². The van der Waals surface area contributed by atoms with Gasteiger partial charge in [0.2, 0.25) is 11.8 Å². The van der Waals surface area contributed by atoms with Gasteiger partial charge < -0.3 is 20.3 Å². The van der Waals surface area contributed by atoms with Crippen molar-refractivity contribution in [2.45, 2.75) is 45.2 Å². The molecule has 28 heavy (non-hydrogen) atoms. The minimum atomic E-state index is -0.624. The molecular weight excluding hydrogens is 358 g/mol. The van der Waals surface area contributed by atoms with E-state index >= 15 is 0 Å². The van der Waals surface area contributed by atoms with Gasteiger partial charge in [-0.2, -0.15) is 0 Å². The summed E-state index contributed by atoms with van der Waals surface area (Å²) in [4.78, 5) is 39.3. The molecule has 1 aliphatic rings. The van der Waals surface area contributed by atoms with E-state index in [1.807, 2.05) is 19.9 Å². The summed E-state index contributed by atoms with van der Waals surface area (Å²) in [5.41, 5.74) is 0.525. The maximum absolute atomic E-state index is 12.9. The van der Waals surface area contributed by atoms with Crippen LogP contribution in [0.3, 0.4) is 0 Å². The molecule has 0 bridgehead atoms. The SMILES string of the molecule is CCC(C)NC(=O)C(NC(=O)c1ccccc1)C1CCN(C(=O)COC)CC1. The number of hydrogen-bond acceptors (Lipinski definition) is 4. The zero-order chi connectivity index (χ0) is 20.5. The van der Waals surface area contributed by atoms with E-state index in [1.165, 1.54) is 7.11 Å². The molecule has 0 radical (unpaired) electrons. The molecule has 2 unspecified atom stereocenters. The number of nitrogens with zero attached hydrogens (tertiary/aromatic N) is 1. The predicted molar refractivity (Wildman–Crippen MR) is 107 cm³/mol. The Balaban J connectivity index is 2.07. The van der Waals surface area contributed by atoms with E-state index in [-0.39, 0.29) is 36.3 Å². The fourth-order valence-electron chi connectivity index (χ4n) is 3.34. The highest BCUT2D eigenvalue weighted by molar-refractivity contribution is 5.97. The highest BCUT2D eigenvalue weighted by Gasteiger charge is 2.34. The Bertz CT molecular complexity index is 657. The molecule has 2 N–H and O–H groups in total. The third-order valence-corrected chi connectivity index (χ3v) is 5.24. The van der Waals surface area contributed by atoms with Gasteiger partial charge in [-0.3, -0.25) is 14.4 Å². The first-order chi connectivity index (χ1) is 13.5. The third-order valence-electron chi connectivity index (χ3n) is 5.24. The number of piperidine rings is 1. The standard InChI is InChI=1S/C21H31N3O4/c1-4-15(2)22-21(27)19(23-20(26)17-8-6-5-7-9-17)16-10-12-24(13-11-16)18(25)14-28-3/h5-9,15-16,19H,4,10-14H2,1-3H3,(H,22,27)(H,23,26). The van der Waals surface area contributed by atoms with Crippen molar-refractivity contribution < 1.29 is 19.1 Å². The maximum Gasteiger partial charge on any atom is 0.251 e. The molecule has 0 spiro atoms. The van der Waals surface area contributed by atoms with Crippen LogP contribution in [0.15, 0.2) is 30.3 Å². The Morgan fingerprint density at radius 1 is 1.14 bits per heavy atom. The van der Waals surface area contributed by atoms with Gasteiger partial charge in [-0.15, -0.1) is 0 Å². The van der Waals surface area contributed by atoms with Gasteiger partial charge in [0.15, 0.2) is 0 Å². The van der Waals surface area contributed by atoms with Crippen molar-refractivity contribution in [3.8, 4) is 0 Å². The van der Waals surface area contributed by atoms with E-state index in [2.05, 4.69) is 10.6 Å². The van der Waals surface area contributed by atoms with E-state index in [9.17, 15) is 14.4 Å². The monoisotopic (exact) mass is 389 g/mol. The summed E-state index contributed by atoms with van der Waals surface area (Å²) in [6, 6.07) is 8.30. The zero-order valence-corrected chi connectivity index (χ0v) is 16.9. The largest absolute Gasteiger partial charge is 0.375 e. The molecule has 154 valence electrons. The molecule has 0 aromatic heterocycles. The van der Waals surface area contributed by atoms with Crippen LogP contribution >= 0.6 is 0 Å². The summed E-state index contributed by atoms with van der Waals surface area (Å²) >= 11 is 0. The van der Waals surface area contributed by atoms with E-state index in [0.717, 1.165) is 6.42 Å². The van der Waals surface area contributed by atoms with Crippen LogP contribution in [-0.4, -0.2) is 61.5 Å². The Morgan fingerprint density at radius 2 is 1.79 bits per heavy atom. The molecule has 1 aromatic rings. The normalized spacial score (nSPS) is 16.9. The minimum absolute atomic E-state index is 0.0247. The summed E-state index contributed by atoms with van der Waals surface area (Å²) in [5, 5.41) is 5.91. The van der Waals surface area contributed by atoms with Crippen LogP contribution in [0.4, 0.5) is 0 Å². The molecule has 0 aliphatic carbocycles. The van der Waals surface area contributed by atoms with Gasteiger partial charge in [0.1, 0.15) is 12.6 Å². The van der Waals surface area contributed by atoms with Gasteiger partial charge >= 0.3 is 0 Å². The number of nitrogens with one attached hydrogen (secondary N) is 2. The fourth-order valence-corrected chi connectivity index (χ4v) is 3.34. The van der Waals surface area contributed by atoms with Crippen LogP contribution in [-0.2, 0) is 14.3 Å². The highest BCUT2D eigenvalue weighted by Crippen LogP contribution is 2.22. The van der Waals surface area contributed by atoms with Crippen LogP contribution in [0.25, 0.3) is 0 Å². The lowest BCUT2D eigenvalue weighted by Gasteiger charge is -2.36. The molecule has 3 amide bonds. The van der Waals surface area contributed by atoms with Gasteiger partial charge in [0.25, 0.3) is 5.91 Å². The van der Waals surface area contributed by atoms with Gasteiger partial charge in [-0.05, 0) is 44.2 Å². The summed E-state index contributed by atoms with van der Waals surface area (Å²) in [6.07, 6.45) is 2.13. The Hall–Kier alpha value is -2.41. The lowest BCUT2D eigenvalue weighted by Crippen LogP contribution is -2.55. The second-order valence-corrected chi connectivity index (χ2v) is 7.29. The van der Waals surface area contributed by atoms with Gasteiger partial charge in [-0.25, -0.2) is 0 Å². The molecule has 1 aliphatic heterocycles. The van der Waals surface area contributed by atoms with E-state index in [0.29, 0.717) is 31.5 Å². The fraction of sp³-hybridized carbons (Fsp3) is 0.571. The molecule has 1 saturated heterocycles. The van der Waals surface area contributed by atoms with Crippen LogP contribution in [0.1, 0.15) is 43.5 Å². The number of methoxy groups -OCH3 is 1. The van der Waals surface area contributed by atoms with Crippen LogP contribution < -0.4 is 10.6 Å². The van der Waals surface area contributed by atoms with Crippen molar-refractivity contribution in [1.82, 2.24) is 15.5 Å². The minimum Gasteiger partial charge on any atom is -0.375 e. The molecule has 2 rings (SSSR count). The highest BCUT2D eigenvalue weighted by atomic mass is 16.5. The first kappa shape index (κ1) is 21.9. The average molecular weight is 389 g/mol. The Labute approximate surface area is 166 Å². The van der Waals surface area contributed by atoms with E-state index in [4.69, 9.17) is 4.74 Å². The molecule has 1 aromatic carbocycles. The van der Waals surface area contributed by atoms with Crippen molar-refractivity contribution in [2.24, 2.45) is 5.92 Å². The lowest BCUT2D eigenvalue weighted by atomic mass is 9.88. The number of likely N-dealkylation sites (tertiary alicyclic amines) is 1. The Morgan fingerprint density at radius 3 is 2.36 bits per heavy atom. The molecule has 2 atom stereocenters. The number of carbonyl (C=O) groups excluding carboxylic acids is 3. The van der Waals surface area contributed by atoms with Gasteiger partial charge in [-0.1, -0.05) is 25.1 Å². The van der Waals surface area contributed by atoms with Gasteiger partial charge in [0.05, 0.1) is 0 Å². The summed E-state index contributed by atoms with van der Waals surface area (Å²) in [7, 11) is 1.50. The Kier molecular flexibility index (Phi) is 8.44. The van der Waals surface area contributed by atoms with Crippen molar-refractivity contribution >= 4 is 17.7 Å². The first-order valence-corrected chi connectivity index (χ1v) is 9.89. The van der Waals surface area contributed by atoms with Crippen LogP contribution in [0.2, 0.25) is 0 Å². The lowest BCUT2D eigenvalue weighted by molar-refractivity contribution is -0.136. The van der Waals surface area contributed by atoms with Crippen LogP contribution in [0.5, 0.6) is 0 Å². The number of ether oxygens (including phenoxy) is 1. The molecular formula is C21H31N3O4. The van der Waals surface area contributed by atoms with Crippen molar-refractivity contribution in [3.63, 3.8) is 0 Å². The maximum atomic E-state index is 12.9. The third kappa shape index (κ3) is 6.05. The second-order valence-electron chi connectivity index (χ2n) is 7.29. The van der Waals surface area contributed by atoms with Crippen LogP contribution in [0, 0.1) is 5.92 Å². The predicted octanol–water partition coefficient (Wildman–Crippen LogP) is 1.58. The topological polar surface area (TPSA) is 87.7 Å². The summed E-state index contributed by atoms with van der Waals surface area (Å²) < 4.78 is 4.91. The smallest absolute Gasteiger partial charge is 0.251 e. The summed E-state index contributed by atoms with van der Waals surface area (Å²) in [5.74, 6) is -0.499. The average Bonchev–Trinajstić information content (AvgIpc) is 2.72. The number of hydrogen-bond donors (Lipinski definition) is 2. The molecule has 7 heteroatoms. The molecule has 1 fully saturated rings. The van der Waals surface area contributed by atoms with E-state index in [1.54, 1.807) is 29.2 Å².